The van der Waals surface area contributed by atoms with E-state index >= 15 is 0 Å². The van der Waals surface area contributed by atoms with Crippen molar-refractivity contribution in [1.82, 2.24) is 5.32 Å². The van der Waals surface area contributed by atoms with Crippen LogP contribution < -0.4 is 5.32 Å². The first-order chi connectivity index (χ1) is 5.74. The van der Waals surface area contributed by atoms with Crippen LogP contribution in [0.25, 0.3) is 0 Å². The molecule has 0 aliphatic rings. The molecule has 0 unspecified atom stereocenters. The highest BCUT2D eigenvalue weighted by Gasteiger charge is 1.84. The molecule has 0 spiro atoms. The Morgan fingerprint density at radius 1 is 1.33 bits per heavy atom. The second-order valence-electron chi connectivity index (χ2n) is 2.68. The number of nitrogens with one attached hydrogen (secondary N) is 1. The van der Waals surface area contributed by atoms with Crippen molar-refractivity contribution in [1.29, 1.82) is 0 Å². The second-order valence-corrected chi connectivity index (χ2v) is 2.68. The number of allylic oxidation sites excluding steroid dienone is 4. The van der Waals surface area contributed by atoms with E-state index in [4.69, 9.17) is 0 Å². The topological polar surface area (TPSA) is 12.0 Å². The molecule has 0 amide bonds. The Balaban J connectivity index is 4.20. The molecule has 1 nitrogen and oxygen atoms in total. The van der Waals surface area contributed by atoms with Gasteiger partial charge in [-0.25, -0.2) is 0 Å². The predicted octanol–water partition coefficient (Wildman–Crippen LogP) is 2.05. The van der Waals surface area contributed by atoms with Gasteiger partial charge in [0.2, 0.25) is 0 Å². The zero-order valence-electron chi connectivity index (χ0n) is 8.52. The summed E-state index contributed by atoms with van der Waals surface area (Å²) in [7, 11) is 3.01. The van der Waals surface area contributed by atoms with E-state index in [0.29, 0.717) is 0 Å². The lowest BCUT2D eigenvalue weighted by Gasteiger charge is -1.98. The third kappa shape index (κ3) is 4.83. The lowest BCUT2D eigenvalue weighted by molar-refractivity contribution is 1.04. The lowest BCUT2D eigenvalue weighted by Crippen LogP contribution is -2.03. The summed E-state index contributed by atoms with van der Waals surface area (Å²) < 4.78 is 0. The third-order valence-corrected chi connectivity index (χ3v) is 1.69. The van der Waals surface area contributed by atoms with E-state index in [9.17, 15) is 0 Å². The fraction of sp³-hybridized carbons (Fsp3) is 0.400. The minimum Gasteiger partial charge on any atom is -0.389 e. The Hall–Kier alpha value is -0.915. The molecular weight excluding hydrogens is 145 g/mol. The summed E-state index contributed by atoms with van der Waals surface area (Å²) >= 11 is 0. The molecule has 12 heavy (non-hydrogen) atoms. The average Bonchev–Trinajstić information content (AvgIpc) is 2.11. The third-order valence-electron chi connectivity index (χ3n) is 1.69. The molecule has 0 saturated heterocycles. The molecule has 0 fully saturated rings. The monoisotopic (exact) mass is 163 g/mol. The highest BCUT2D eigenvalue weighted by atomic mass is 14.8. The highest BCUT2D eigenvalue weighted by molar-refractivity contribution is 6.40. The van der Waals surface area contributed by atoms with E-state index in [-0.39, 0.29) is 0 Å². The molecule has 0 aromatic carbocycles. The SMILES string of the molecule is CB\C=C(/C=C\C(C)=C/C)NC. The van der Waals surface area contributed by atoms with Crippen LogP contribution in [0.5, 0.6) is 0 Å². The zero-order chi connectivity index (χ0) is 9.40. The number of hydrogen-bond acceptors (Lipinski definition) is 1. The maximum atomic E-state index is 3.13. The van der Waals surface area contributed by atoms with Gasteiger partial charge in [0, 0.05) is 12.7 Å². The van der Waals surface area contributed by atoms with Gasteiger partial charge in [-0.1, -0.05) is 30.5 Å². The average molecular weight is 163 g/mol. The van der Waals surface area contributed by atoms with Gasteiger partial charge in [-0.05, 0) is 19.9 Å². The van der Waals surface area contributed by atoms with Crippen LogP contribution in [0.4, 0.5) is 0 Å². The number of hydrogen-bond donors (Lipinski definition) is 1. The van der Waals surface area contributed by atoms with Crippen LogP contribution in [0, 0.1) is 0 Å². The van der Waals surface area contributed by atoms with Crippen LogP contribution in [0.15, 0.2) is 35.5 Å². The molecule has 1 N–H and O–H groups in total. The van der Waals surface area contributed by atoms with Crippen molar-refractivity contribution in [3.8, 4) is 0 Å². The lowest BCUT2D eigenvalue weighted by atomic mass is 9.81. The molecule has 0 aromatic heterocycles. The maximum absolute atomic E-state index is 3.13. The van der Waals surface area contributed by atoms with Crippen molar-refractivity contribution >= 4 is 7.28 Å². The van der Waals surface area contributed by atoms with E-state index in [2.05, 4.69) is 43.3 Å². The number of rotatable bonds is 4. The first-order valence-electron chi connectivity index (χ1n) is 4.43. The van der Waals surface area contributed by atoms with E-state index in [0.717, 1.165) is 7.28 Å². The fourth-order valence-electron chi connectivity index (χ4n) is 0.791. The van der Waals surface area contributed by atoms with Crippen molar-refractivity contribution in [2.75, 3.05) is 7.05 Å². The van der Waals surface area contributed by atoms with Gasteiger partial charge in [0.25, 0.3) is 0 Å². The molecule has 0 heterocycles. The number of likely N-dealkylation sites (N-methyl/N-ethyl adjacent to an activating group) is 1. The Morgan fingerprint density at radius 2 is 2.00 bits per heavy atom. The Labute approximate surface area is 76.5 Å². The molecule has 0 aliphatic carbocycles. The minimum absolute atomic E-state index is 1.06. The first-order valence-corrected chi connectivity index (χ1v) is 4.43. The smallest absolute Gasteiger partial charge is 0.147 e. The summed E-state index contributed by atoms with van der Waals surface area (Å²) in [6.45, 7) is 6.27. The summed E-state index contributed by atoms with van der Waals surface area (Å²) in [6.07, 6.45) is 6.30. The zero-order valence-corrected chi connectivity index (χ0v) is 8.52. The van der Waals surface area contributed by atoms with Gasteiger partial charge in [-0.15, -0.1) is 0 Å². The van der Waals surface area contributed by atoms with Crippen LogP contribution in [-0.2, 0) is 0 Å². The molecule has 0 bridgehead atoms. The molecule has 0 radical (unpaired) electrons. The maximum Gasteiger partial charge on any atom is 0.147 e. The molecular formula is C10H18BN. The molecule has 0 saturated carbocycles. The fourth-order valence-corrected chi connectivity index (χ4v) is 0.791. The Bertz CT molecular complexity index is 202. The van der Waals surface area contributed by atoms with Crippen molar-refractivity contribution in [3.63, 3.8) is 0 Å². The van der Waals surface area contributed by atoms with Crippen LogP contribution >= 0.6 is 0 Å². The van der Waals surface area contributed by atoms with Gasteiger partial charge in [0.15, 0.2) is 0 Å². The standard InChI is InChI=1S/C10H18BN/c1-5-9(2)6-7-10(12-4)8-11-3/h5-8,11-12H,1-4H3/b7-6-,9-5-,10-8+. The first kappa shape index (κ1) is 11.1. The Morgan fingerprint density at radius 3 is 2.42 bits per heavy atom. The summed E-state index contributed by atoms with van der Waals surface area (Å²) in [4.78, 5) is 0. The van der Waals surface area contributed by atoms with E-state index in [1.54, 1.807) is 0 Å². The molecule has 2 heteroatoms. The summed E-state index contributed by atoms with van der Waals surface area (Å²) in [6, 6.07) is 0. The van der Waals surface area contributed by atoms with Crippen molar-refractivity contribution in [2.45, 2.75) is 20.7 Å². The van der Waals surface area contributed by atoms with Crippen LogP contribution in [0.2, 0.25) is 6.82 Å². The van der Waals surface area contributed by atoms with Crippen LogP contribution in [0.1, 0.15) is 13.8 Å². The molecule has 0 aromatic rings. The van der Waals surface area contributed by atoms with Gasteiger partial charge < -0.3 is 5.32 Å². The second kappa shape index (κ2) is 6.77. The molecule has 0 atom stereocenters. The quantitative estimate of drug-likeness (QED) is 0.494. The van der Waals surface area contributed by atoms with Gasteiger partial charge in [0.05, 0.1) is 0 Å². The summed E-state index contributed by atoms with van der Waals surface area (Å²) in [5.74, 6) is 2.17. The molecule has 0 aliphatic heterocycles. The van der Waals surface area contributed by atoms with Gasteiger partial charge >= 0.3 is 0 Å². The van der Waals surface area contributed by atoms with Crippen molar-refractivity contribution in [2.24, 2.45) is 0 Å². The summed E-state index contributed by atoms with van der Waals surface area (Å²) in [5, 5.41) is 3.13. The van der Waals surface area contributed by atoms with Gasteiger partial charge in [0.1, 0.15) is 7.28 Å². The van der Waals surface area contributed by atoms with Gasteiger partial charge in [-0.2, -0.15) is 0 Å². The predicted molar refractivity (Wildman–Crippen MR) is 58.7 cm³/mol. The van der Waals surface area contributed by atoms with Crippen molar-refractivity contribution in [3.05, 3.63) is 35.5 Å². The largest absolute Gasteiger partial charge is 0.389 e. The normalized spacial score (nSPS) is 13.7. The van der Waals surface area contributed by atoms with Crippen LogP contribution in [-0.4, -0.2) is 14.3 Å². The van der Waals surface area contributed by atoms with E-state index in [1.165, 1.54) is 11.3 Å². The van der Waals surface area contributed by atoms with Gasteiger partial charge in [-0.3, -0.25) is 0 Å². The Kier molecular flexibility index (Phi) is 6.26. The van der Waals surface area contributed by atoms with Crippen molar-refractivity contribution < 1.29 is 0 Å². The molecule has 66 valence electrons. The minimum atomic E-state index is 1.06. The van der Waals surface area contributed by atoms with Crippen LogP contribution in [0.3, 0.4) is 0 Å². The molecule has 0 rings (SSSR count). The van der Waals surface area contributed by atoms with E-state index in [1.807, 2.05) is 14.0 Å². The summed E-state index contributed by atoms with van der Waals surface area (Å²) in [5.41, 5.74) is 2.46. The van der Waals surface area contributed by atoms with E-state index < -0.39 is 0 Å². The highest BCUT2D eigenvalue weighted by Crippen LogP contribution is 1.97.